The number of para-hydroxylation sites is 2. The monoisotopic (exact) mass is 214 g/mol. The SMILES string of the molecule is Nc1ccccc1-c1cccc(CO)c1N. The zero-order chi connectivity index (χ0) is 11.5. The molecule has 0 aromatic heterocycles. The molecular formula is C13H14N2O. The van der Waals surface area contributed by atoms with Crippen molar-refractivity contribution >= 4 is 11.4 Å². The number of aliphatic hydroxyl groups is 1. The predicted molar refractivity (Wildman–Crippen MR) is 66.6 cm³/mol. The van der Waals surface area contributed by atoms with Gasteiger partial charge in [-0.15, -0.1) is 0 Å². The molecule has 0 saturated heterocycles. The maximum atomic E-state index is 9.15. The Balaban J connectivity index is 2.61. The van der Waals surface area contributed by atoms with Gasteiger partial charge in [0.2, 0.25) is 0 Å². The van der Waals surface area contributed by atoms with Gasteiger partial charge in [-0.1, -0.05) is 36.4 Å². The molecule has 2 aromatic carbocycles. The summed E-state index contributed by atoms with van der Waals surface area (Å²) in [6.45, 7) is -0.0631. The van der Waals surface area contributed by atoms with Crippen LogP contribution in [0.3, 0.4) is 0 Å². The van der Waals surface area contributed by atoms with Crippen LogP contribution in [0.1, 0.15) is 5.56 Å². The molecule has 5 N–H and O–H groups in total. The fourth-order valence-corrected chi connectivity index (χ4v) is 1.73. The van der Waals surface area contributed by atoms with E-state index in [1.165, 1.54) is 0 Å². The highest BCUT2D eigenvalue weighted by Crippen LogP contribution is 2.32. The number of nitrogens with two attached hydrogens (primary N) is 2. The van der Waals surface area contributed by atoms with Crippen LogP contribution < -0.4 is 11.5 Å². The molecule has 0 atom stereocenters. The fourth-order valence-electron chi connectivity index (χ4n) is 1.73. The van der Waals surface area contributed by atoms with Crippen molar-refractivity contribution in [3.8, 4) is 11.1 Å². The Bertz CT molecular complexity index is 509. The quantitative estimate of drug-likeness (QED) is 0.669. The molecule has 0 saturated carbocycles. The van der Waals surface area contributed by atoms with Crippen molar-refractivity contribution in [3.05, 3.63) is 48.0 Å². The molecule has 0 aliphatic rings. The van der Waals surface area contributed by atoms with Crippen molar-refractivity contribution < 1.29 is 5.11 Å². The number of aliphatic hydroxyl groups excluding tert-OH is 1. The Hall–Kier alpha value is -2.00. The van der Waals surface area contributed by atoms with Gasteiger partial charge in [-0.2, -0.15) is 0 Å². The molecule has 0 bridgehead atoms. The summed E-state index contributed by atoms with van der Waals surface area (Å²) < 4.78 is 0. The van der Waals surface area contributed by atoms with Crippen LogP contribution in [0.25, 0.3) is 11.1 Å². The Morgan fingerprint density at radius 2 is 1.56 bits per heavy atom. The van der Waals surface area contributed by atoms with E-state index < -0.39 is 0 Å². The Morgan fingerprint density at radius 3 is 2.25 bits per heavy atom. The second-order valence-corrected chi connectivity index (χ2v) is 3.62. The summed E-state index contributed by atoms with van der Waals surface area (Å²) in [5.74, 6) is 0. The van der Waals surface area contributed by atoms with Crippen LogP contribution in [-0.4, -0.2) is 5.11 Å². The predicted octanol–water partition coefficient (Wildman–Crippen LogP) is 2.01. The van der Waals surface area contributed by atoms with Crippen LogP contribution >= 0.6 is 0 Å². The molecule has 2 rings (SSSR count). The first-order chi connectivity index (χ1) is 7.74. The highest BCUT2D eigenvalue weighted by atomic mass is 16.3. The summed E-state index contributed by atoms with van der Waals surface area (Å²) in [7, 11) is 0. The maximum Gasteiger partial charge on any atom is 0.0702 e. The summed E-state index contributed by atoms with van der Waals surface area (Å²) in [6, 6.07) is 13.1. The van der Waals surface area contributed by atoms with Crippen molar-refractivity contribution in [2.45, 2.75) is 6.61 Å². The number of hydrogen-bond acceptors (Lipinski definition) is 3. The third-order valence-corrected chi connectivity index (χ3v) is 2.62. The smallest absolute Gasteiger partial charge is 0.0702 e. The van der Waals surface area contributed by atoms with E-state index in [1.807, 2.05) is 36.4 Å². The lowest BCUT2D eigenvalue weighted by Gasteiger charge is -2.11. The van der Waals surface area contributed by atoms with Crippen LogP contribution in [0.4, 0.5) is 11.4 Å². The Morgan fingerprint density at radius 1 is 0.875 bits per heavy atom. The third-order valence-electron chi connectivity index (χ3n) is 2.62. The average molecular weight is 214 g/mol. The highest BCUT2D eigenvalue weighted by molar-refractivity contribution is 5.85. The van der Waals surface area contributed by atoms with Gasteiger partial charge in [0.25, 0.3) is 0 Å². The first-order valence-corrected chi connectivity index (χ1v) is 5.07. The molecule has 16 heavy (non-hydrogen) atoms. The molecule has 3 nitrogen and oxygen atoms in total. The number of benzene rings is 2. The summed E-state index contributed by atoms with van der Waals surface area (Å²) in [5.41, 5.74) is 15.6. The third kappa shape index (κ3) is 1.73. The molecule has 0 heterocycles. The van der Waals surface area contributed by atoms with Gasteiger partial charge in [0.15, 0.2) is 0 Å². The summed E-state index contributed by atoms with van der Waals surface area (Å²) in [6.07, 6.45) is 0. The zero-order valence-electron chi connectivity index (χ0n) is 8.85. The van der Waals surface area contributed by atoms with Gasteiger partial charge in [-0.25, -0.2) is 0 Å². The lowest BCUT2D eigenvalue weighted by Crippen LogP contribution is -1.98. The molecule has 82 valence electrons. The summed E-state index contributed by atoms with van der Waals surface area (Å²) in [5, 5.41) is 9.15. The van der Waals surface area contributed by atoms with Crippen LogP contribution in [0.2, 0.25) is 0 Å². The topological polar surface area (TPSA) is 72.3 Å². The van der Waals surface area contributed by atoms with Gasteiger partial charge < -0.3 is 16.6 Å². The maximum absolute atomic E-state index is 9.15. The van der Waals surface area contributed by atoms with E-state index in [1.54, 1.807) is 6.07 Å². The van der Waals surface area contributed by atoms with Crippen LogP contribution in [-0.2, 0) is 6.61 Å². The summed E-state index contributed by atoms with van der Waals surface area (Å²) >= 11 is 0. The Labute approximate surface area is 94.3 Å². The standard InChI is InChI=1S/C13H14N2O/c14-12-7-2-1-5-10(12)11-6-3-4-9(8-16)13(11)15/h1-7,16H,8,14-15H2. The van der Waals surface area contributed by atoms with Gasteiger partial charge in [0.1, 0.15) is 0 Å². The lowest BCUT2D eigenvalue weighted by molar-refractivity contribution is 0.282. The first kappa shape index (κ1) is 10.5. The average Bonchev–Trinajstić information content (AvgIpc) is 2.31. The van der Waals surface area contributed by atoms with E-state index in [2.05, 4.69) is 0 Å². The highest BCUT2D eigenvalue weighted by Gasteiger charge is 2.08. The Kier molecular flexibility index (Phi) is 2.79. The van der Waals surface area contributed by atoms with Crippen molar-refractivity contribution in [1.29, 1.82) is 0 Å². The van der Waals surface area contributed by atoms with Gasteiger partial charge in [0.05, 0.1) is 6.61 Å². The first-order valence-electron chi connectivity index (χ1n) is 5.07. The number of rotatable bonds is 2. The summed E-state index contributed by atoms with van der Waals surface area (Å²) in [4.78, 5) is 0. The molecule has 2 aromatic rings. The van der Waals surface area contributed by atoms with E-state index in [-0.39, 0.29) is 6.61 Å². The molecule has 0 aliphatic heterocycles. The van der Waals surface area contributed by atoms with E-state index in [9.17, 15) is 0 Å². The minimum atomic E-state index is -0.0631. The van der Waals surface area contributed by atoms with Crippen molar-refractivity contribution in [3.63, 3.8) is 0 Å². The van der Waals surface area contributed by atoms with Gasteiger partial charge in [-0.3, -0.25) is 0 Å². The second kappa shape index (κ2) is 4.24. The van der Waals surface area contributed by atoms with Gasteiger partial charge >= 0.3 is 0 Å². The molecule has 0 radical (unpaired) electrons. The number of anilines is 2. The fraction of sp³-hybridized carbons (Fsp3) is 0.0769. The molecule has 3 heteroatoms. The zero-order valence-corrected chi connectivity index (χ0v) is 8.85. The van der Waals surface area contributed by atoms with Gasteiger partial charge in [0, 0.05) is 28.1 Å². The van der Waals surface area contributed by atoms with Crippen molar-refractivity contribution in [2.75, 3.05) is 11.5 Å². The molecular weight excluding hydrogens is 200 g/mol. The lowest BCUT2D eigenvalue weighted by atomic mass is 9.99. The molecule has 0 unspecified atom stereocenters. The second-order valence-electron chi connectivity index (χ2n) is 3.62. The molecule has 0 fully saturated rings. The minimum absolute atomic E-state index is 0.0631. The molecule has 0 spiro atoms. The van der Waals surface area contributed by atoms with Crippen LogP contribution in [0.15, 0.2) is 42.5 Å². The minimum Gasteiger partial charge on any atom is -0.398 e. The number of hydrogen-bond donors (Lipinski definition) is 3. The van der Waals surface area contributed by atoms with Gasteiger partial charge in [-0.05, 0) is 6.07 Å². The largest absolute Gasteiger partial charge is 0.398 e. The number of nitrogen functional groups attached to an aromatic ring is 2. The van der Waals surface area contributed by atoms with Crippen molar-refractivity contribution in [2.24, 2.45) is 0 Å². The van der Waals surface area contributed by atoms with Crippen LogP contribution in [0.5, 0.6) is 0 Å². The molecule has 0 aliphatic carbocycles. The van der Waals surface area contributed by atoms with E-state index >= 15 is 0 Å². The van der Waals surface area contributed by atoms with Crippen molar-refractivity contribution in [1.82, 2.24) is 0 Å². The molecule has 0 amide bonds. The normalized spacial score (nSPS) is 10.3. The van der Waals surface area contributed by atoms with E-state index in [0.29, 0.717) is 11.4 Å². The van der Waals surface area contributed by atoms with E-state index in [4.69, 9.17) is 16.6 Å². The van der Waals surface area contributed by atoms with E-state index in [0.717, 1.165) is 16.7 Å². The van der Waals surface area contributed by atoms with Crippen LogP contribution in [0, 0.1) is 0 Å².